The molecule has 0 bridgehead atoms. The van der Waals surface area contributed by atoms with Crippen molar-refractivity contribution in [2.24, 2.45) is 11.3 Å². The summed E-state index contributed by atoms with van der Waals surface area (Å²) < 4.78 is 32.3. The van der Waals surface area contributed by atoms with Gasteiger partial charge in [-0.2, -0.15) is 0 Å². The normalized spacial score (nSPS) is 26.8. The largest absolute Gasteiger partial charge is 0.384 e. The Morgan fingerprint density at radius 2 is 2.04 bits per heavy atom. The Morgan fingerprint density at radius 1 is 1.32 bits per heavy atom. The molecule has 0 unspecified atom stereocenters. The quantitative estimate of drug-likeness (QED) is 0.835. The van der Waals surface area contributed by atoms with Gasteiger partial charge in [-0.25, -0.2) is 8.78 Å². The van der Waals surface area contributed by atoms with Crippen LogP contribution in [0.15, 0.2) is 12.1 Å². The monoisotopic (exact) mass is 352 g/mol. The van der Waals surface area contributed by atoms with E-state index in [0.29, 0.717) is 31.2 Å². The molecule has 1 spiro atoms. The van der Waals surface area contributed by atoms with Crippen LogP contribution in [-0.2, 0) is 4.74 Å². The Hall–Kier alpha value is -1.53. The van der Waals surface area contributed by atoms with Gasteiger partial charge in [0, 0.05) is 50.2 Å². The third-order valence-corrected chi connectivity index (χ3v) is 5.87. The van der Waals surface area contributed by atoms with Gasteiger partial charge < -0.3 is 14.5 Å². The molecule has 2 aliphatic heterocycles. The first-order chi connectivity index (χ1) is 11.9. The number of aryl methyl sites for hydroxylation is 1. The van der Waals surface area contributed by atoms with Crippen LogP contribution in [0, 0.1) is 29.9 Å². The van der Waals surface area contributed by atoms with Gasteiger partial charge in [-0.15, -0.1) is 0 Å². The second-order valence-corrected chi connectivity index (χ2v) is 7.40. The van der Waals surface area contributed by atoms with E-state index in [1.165, 1.54) is 0 Å². The van der Waals surface area contributed by atoms with E-state index in [2.05, 4.69) is 11.8 Å². The van der Waals surface area contributed by atoms with Gasteiger partial charge >= 0.3 is 0 Å². The Labute approximate surface area is 147 Å². The van der Waals surface area contributed by atoms with Crippen molar-refractivity contribution in [1.29, 1.82) is 0 Å². The van der Waals surface area contributed by atoms with Crippen molar-refractivity contribution in [3.63, 3.8) is 0 Å². The summed E-state index contributed by atoms with van der Waals surface area (Å²) in [6.07, 6.45) is 0.923. The van der Waals surface area contributed by atoms with E-state index in [1.807, 2.05) is 0 Å². The number of nitrogens with zero attached hydrogens (tertiary/aromatic N) is 2. The van der Waals surface area contributed by atoms with E-state index in [9.17, 15) is 13.6 Å². The number of halogens is 2. The maximum atomic E-state index is 13.6. The molecule has 25 heavy (non-hydrogen) atoms. The summed E-state index contributed by atoms with van der Waals surface area (Å²) in [6, 6.07) is 2.12. The van der Waals surface area contributed by atoms with Crippen molar-refractivity contribution in [3.05, 3.63) is 34.9 Å². The van der Waals surface area contributed by atoms with Crippen LogP contribution < -0.4 is 0 Å². The zero-order valence-electron chi connectivity index (χ0n) is 15.1. The topological polar surface area (TPSA) is 32.8 Å². The summed E-state index contributed by atoms with van der Waals surface area (Å²) in [5.41, 5.74) is 0.762. The van der Waals surface area contributed by atoms with Crippen LogP contribution in [0.2, 0.25) is 0 Å². The van der Waals surface area contributed by atoms with Crippen LogP contribution in [0.5, 0.6) is 0 Å². The molecule has 0 saturated carbocycles. The molecule has 6 heteroatoms. The zero-order chi connectivity index (χ0) is 18.2. The first-order valence-corrected chi connectivity index (χ1v) is 8.86. The number of hydrogen-bond acceptors (Lipinski definition) is 3. The molecule has 1 aromatic carbocycles. The van der Waals surface area contributed by atoms with Gasteiger partial charge in [0.1, 0.15) is 0 Å². The lowest BCUT2D eigenvalue weighted by Gasteiger charge is -2.30. The highest BCUT2D eigenvalue weighted by molar-refractivity contribution is 5.95. The molecule has 2 aliphatic rings. The zero-order valence-corrected chi connectivity index (χ0v) is 15.1. The Morgan fingerprint density at radius 3 is 2.72 bits per heavy atom. The summed E-state index contributed by atoms with van der Waals surface area (Å²) >= 11 is 0. The number of amides is 1. The first kappa shape index (κ1) is 18.3. The summed E-state index contributed by atoms with van der Waals surface area (Å²) in [5.74, 6) is -1.71. The van der Waals surface area contributed by atoms with Crippen LogP contribution in [0.25, 0.3) is 0 Å². The van der Waals surface area contributed by atoms with E-state index >= 15 is 0 Å². The second-order valence-electron chi connectivity index (χ2n) is 7.40. The molecule has 1 aromatic rings. The third kappa shape index (κ3) is 3.29. The van der Waals surface area contributed by atoms with Crippen molar-refractivity contribution in [2.75, 3.05) is 46.4 Å². The number of benzene rings is 1. The first-order valence-electron chi connectivity index (χ1n) is 8.86. The summed E-state index contributed by atoms with van der Waals surface area (Å²) in [4.78, 5) is 17.1. The van der Waals surface area contributed by atoms with E-state index in [1.54, 1.807) is 18.9 Å². The molecule has 138 valence electrons. The molecule has 0 radical (unpaired) electrons. The number of hydrogen-bond donors (Lipinski definition) is 0. The standard InChI is InChI=1S/C19H26F2N2O2/c1-4-22-9-14(10-25-3)19(11-22)5-6-23(12-19)18(24)15-8-17(21)16(20)7-13(15)2/h7-8,14H,4-6,9-12H2,1-3H3/t14-,19-/m1/s1. The molecule has 1 amide bonds. The molecule has 0 aliphatic carbocycles. The van der Waals surface area contributed by atoms with Crippen molar-refractivity contribution in [1.82, 2.24) is 9.80 Å². The number of carbonyl (C=O) groups excluding carboxylic acids is 1. The van der Waals surface area contributed by atoms with Gasteiger partial charge in [0.25, 0.3) is 5.91 Å². The number of methoxy groups -OCH3 is 1. The summed E-state index contributed by atoms with van der Waals surface area (Å²) in [5, 5.41) is 0. The Kier molecular flexibility index (Phi) is 5.11. The van der Waals surface area contributed by atoms with E-state index < -0.39 is 11.6 Å². The molecule has 2 atom stereocenters. The smallest absolute Gasteiger partial charge is 0.254 e. The SMILES string of the molecule is CCN1C[C@H](COC)[C@]2(CCN(C(=O)c3cc(F)c(F)cc3C)C2)C1. The lowest BCUT2D eigenvalue weighted by Crippen LogP contribution is -2.38. The van der Waals surface area contributed by atoms with Crippen LogP contribution >= 0.6 is 0 Å². The third-order valence-electron chi connectivity index (χ3n) is 5.87. The minimum Gasteiger partial charge on any atom is -0.384 e. The van der Waals surface area contributed by atoms with Gasteiger partial charge in [-0.05, 0) is 37.6 Å². The Bertz CT molecular complexity index is 667. The van der Waals surface area contributed by atoms with Crippen LogP contribution in [0.4, 0.5) is 8.78 Å². The highest BCUT2D eigenvalue weighted by Gasteiger charge is 2.50. The minimum absolute atomic E-state index is 0.0359. The van der Waals surface area contributed by atoms with Crippen LogP contribution in [0.1, 0.15) is 29.3 Å². The van der Waals surface area contributed by atoms with Gasteiger partial charge in [0.2, 0.25) is 0 Å². The van der Waals surface area contributed by atoms with Crippen molar-refractivity contribution >= 4 is 5.91 Å². The molecule has 3 rings (SSSR count). The Balaban J connectivity index is 1.80. The molecule has 2 saturated heterocycles. The molecular formula is C19H26F2N2O2. The average molecular weight is 352 g/mol. The van der Waals surface area contributed by atoms with Crippen molar-refractivity contribution < 1.29 is 18.3 Å². The fourth-order valence-electron chi connectivity index (χ4n) is 4.39. The number of carbonyl (C=O) groups is 1. The highest BCUT2D eigenvalue weighted by Crippen LogP contribution is 2.44. The maximum absolute atomic E-state index is 13.6. The van der Waals surface area contributed by atoms with Crippen LogP contribution in [0.3, 0.4) is 0 Å². The fraction of sp³-hybridized carbons (Fsp3) is 0.632. The predicted octanol–water partition coefficient (Wildman–Crippen LogP) is 2.70. The number of ether oxygens (including phenoxy) is 1. The highest BCUT2D eigenvalue weighted by atomic mass is 19.2. The molecule has 0 N–H and O–H groups in total. The van der Waals surface area contributed by atoms with Crippen molar-refractivity contribution in [2.45, 2.75) is 20.3 Å². The maximum Gasteiger partial charge on any atom is 0.254 e. The van der Waals surface area contributed by atoms with Crippen LogP contribution in [-0.4, -0.2) is 62.1 Å². The summed E-state index contributed by atoms with van der Waals surface area (Å²) in [7, 11) is 1.71. The minimum atomic E-state index is -0.974. The molecule has 4 nitrogen and oxygen atoms in total. The van der Waals surface area contributed by atoms with Gasteiger partial charge in [-0.1, -0.05) is 6.92 Å². The molecule has 0 aromatic heterocycles. The van der Waals surface area contributed by atoms with E-state index in [-0.39, 0.29) is 16.9 Å². The average Bonchev–Trinajstić information content (AvgIpc) is 3.16. The second kappa shape index (κ2) is 7.00. The molecule has 2 fully saturated rings. The van der Waals surface area contributed by atoms with Crippen molar-refractivity contribution in [3.8, 4) is 0 Å². The summed E-state index contributed by atoms with van der Waals surface area (Å²) in [6.45, 7) is 8.69. The number of rotatable bonds is 4. The lowest BCUT2D eigenvalue weighted by molar-refractivity contribution is 0.0715. The predicted molar refractivity (Wildman–Crippen MR) is 91.5 cm³/mol. The van der Waals surface area contributed by atoms with E-state index in [4.69, 9.17) is 4.74 Å². The van der Waals surface area contributed by atoms with E-state index in [0.717, 1.165) is 38.2 Å². The molecular weight excluding hydrogens is 326 g/mol. The van der Waals surface area contributed by atoms with Gasteiger partial charge in [0.05, 0.1) is 6.61 Å². The fourth-order valence-corrected chi connectivity index (χ4v) is 4.39. The molecule has 2 heterocycles. The van der Waals surface area contributed by atoms with Gasteiger partial charge in [0.15, 0.2) is 11.6 Å². The van der Waals surface area contributed by atoms with Gasteiger partial charge in [-0.3, -0.25) is 4.79 Å². The lowest BCUT2D eigenvalue weighted by atomic mass is 9.77. The number of likely N-dealkylation sites (tertiary alicyclic amines) is 2.